The first-order valence-electron chi connectivity index (χ1n) is 36.9. The number of allylic oxidation sites excluding steroid dienone is 6. The minimum absolute atomic E-state index is 0. The molecule has 3 radical (unpaired) electrons. The van der Waals surface area contributed by atoms with Gasteiger partial charge < -0.3 is 41.8 Å². The number of pyridine rings is 6. The van der Waals surface area contributed by atoms with Crippen molar-refractivity contribution in [2.24, 2.45) is 0 Å². The van der Waals surface area contributed by atoms with Gasteiger partial charge in [0.05, 0.1) is 34.0 Å². The molecule has 601 valence electrons. The van der Waals surface area contributed by atoms with Crippen LogP contribution in [0.4, 0.5) is 4.39 Å². The van der Waals surface area contributed by atoms with Gasteiger partial charge in [-0.1, -0.05) is 160 Å². The van der Waals surface area contributed by atoms with Gasteiger partial charge in [0.15, 0.2) is 17.3 Å². The van der Waals surface area contributed by atoms with Crippen LogP contribution in [0, 0.1) is 51.7 Å². The number of halogens is 1. The predicted molar refractivity (Wildman–Crippen MR) is 452 cm³/mol. The van der Waals surface area contributed by atoms with E-state index in [0.29, 0.717) is 51.3 Å². The first-order valence-corrected chi connectivity index (χ1v) is 36.9. The van der Waals surface area contributed by atoms with E-state index in [1.807, 2.05) is 185 Å². The van der Waals surface area contributed by atoms with Crippen molar-refractivity contribution < 1.29 is 121 Å². The van der Waals surface area contributed by atoms with Crippen molar-refractivity contribution in [3.63, 3.8) is 0 Å². The molecule has 0 spiro atoms. The van der Waals surface area contributed by atoms with Gasteiger partial charge in [0.25, 0.3) is 0 Å². The minimum atomic E-state index is -0.283. The number of carbonyl (C=O) groups excluding carboxylic acids is 3. The third-order valence-corrected chi connectivity index (χ3v) is 18.3. The summed E-state index contributed by atoms with van der Waals surface area (Å²) >= 11 is 0. The van der Waals surface area contributed by atoms with Gasteiger partial charge in [-0.25, -0.2) is 19.3 Å². The van der Waals surface area contributed by atoms with Gasteiger partial charge >= 0.3 is 0 Å². The molecule has 0 aliphatic heterocycles. The van der Waals surface area contributed by atoms with Crippen LogP contribution in [-0.2, 0) is 74.7 Å². The molecule has 0 aliphatic carbocycles. The second-order valence-electron chi connectivity index (χ2n) is 27.5. The Bertz CT molecular complexity index is 6950. The molecule has 0 fully saturated rings. The molecular weight excluding hydrogens is 2040 g/mol. The Morgan fingerprint density at radius 1 is 0.336 bits per heavy atom. The maximum absolute atomic E-state index is 13.2. The van der Waals surface area contributed by atoms with Crippen molar-refractivity contribution >= 4 is 117 Å². The van der Waals surface area contributed by atoms with Gasteiger partial charge in [0, 0.05) is 156 Å². The molecule has 19 rings (SSSR count). The number of rotatable bonds is 10. The van der Waals surface area contributed by atoms with Gasteiger partial charge in [-0.05, 0) is 159 Å². The molecule has 0 atom stereocenters. The molecule has 7 aromatic carbocycles. The van der Waals surface area contributed by atoms with E-state index >= 15 is 0 Å². The van der Waals surface area contributed by atoms with E-state index in [4.69, 9.17) is 56.8 Å². The minimum Gasteiger partial charge on any atom is -0.512 e. The summed E-state index contributed by atoms with van der Waals surface area (Å²) in [5, 5.41) is 33.8. The smallest absolute Gasteiger partial charge is 0.218 e. The number of hydrogen-bond acceptors (Lipinski definition) is 18. The Kier molecular flexibility index (Phi) is 28.0. The van der Waals surface area contributed by atoms with Gasteiger partial charge in [-0.3, -0.25) is 29.3 Å². The summed E-state index contributed by atoms with van der Waals surface area (Å²) in [6.45, 7) is 16.5. The molecule has 119 heavy (non-hydrogen) atoms. The second kappa shape index (κ2) is 38.4. The van der Waals surface area contributed by atoms with E-state index in [-0.39, 0.29) is 101 Å². The Balaban J connectivity index is 0.000000154. The van der Waals surface area contributed by atoms with Crippen LogP contribution in [0.3, 0.4) is 0 Å². The molecule has 12 aromatic heterocycles. The number of hydrogen-bond donors (Lipinski definition) is 3. The summed E-state index contributed by atoms with van der Waals surface area (Å²) < 4.78 is 50.1. The average molecular weight is 2110 g/mol. The summed E-state index contributed by atoms with van der Waals surface area (Å²) in [7, 11) is 0. The van der Waals surface area contributed by atoms with Crippen molar-refractivity contribution in [3.8, 4) is 78.9 Å². The number of nitrogens with zero attached hydrogens (tertiary/aromatic N) is 6. The molecule has 0 bridgehead atoms. The normalized spacial score (nSPS) is 11.3. The van der Waals surface area contributed by atoms with E-state index in [9.17, 15) is 18.8 Å². The number of aryl methyl sites for hydroxylation is 4. The maximum atomic E-state index is 13.2. The number of furan rings is 6. The zero-order valence-corrected chi connectivity index (χ0v) is 72.9. The number of aromatic nitrogens is 6. The van der Waals surface area contributed by atoms with E-state index in [0.717, 1.165) is 150 Å². The zero-order valence-electron chi connectivity index (χ0n) is 65.7. The van der Waals surface area contributed by atoms with Crippen LogP contribution in [0.1, 0.15) is 64.2 Å². The van der Waals surface area contributed by atoms with Gasteiger partial charge in [0.1, 0.15) is 23.1 Å². The van der Waals surface area contributed by atoms with Crippen LogP contribution in [0.2, 0.25) is 0 Å². The fraction of sp³-hybridized carbons (Fsp3) is 0.103. The van der Waals surface area contributed by atoms with Gasteiger partial charge in [-0.15, -0.1) is 54.6 Å². The van der Waals surface area contributed by atoms with Crippen molar-refractivity contribution in [2.75, 3.05) is 0 Å². The Morgan fingerprint density at radius 2 is 0.681 bits per heavy atom. The molecule has 12 heterocycles. The molecule has 22 heteroatoms. The fourth-order valence-corrected chi connectivity index (χ4v) is 13.3. The summed E-state index contributed by atoms with van der Waals surface area (Å²) in [6.07, 6.45) is 3.50. The fourth-order valence-electron chi connectivity index (χ4n) is 13.3. The number of aliphatic hydroxyl groups is 3. The number of fused-ring (bicyclic) bond motifs is 12. The van der Waals surface area contributed by atoms with Crippen LogP contribution in [0.25, 0.3) is 178 Å². The summed E-state index contributed by atoms with van der Waals surface area (Å²) in [5.74, 6) is 1.82. The van der Waals surface area contributed by atoms with E-state index in [1.165, 1.54) is 71.9 Å². The molecular formula is C97H74FIr3N6O12-3. The van der Waals surface area contributed by atoms with Crippen molar-refractivity contribution in [1.82, 2.24) is 29.9 Å². The first-order chi connectivity index (χ1) is 56.0. The summed E-state index contributed by atoms with van der Waals surface area (Å²) in [4.78, 5) is 58.1. The molecule has 0 amide bonds. The second-order valence-corrected chi connectivity index (χ2v) is 27.5. The standard InChI is InChI=1S/C31H19N2O2.C26H17N2O2.C25H14FN2O2.3C5H8O2.3Ir/c1-19-15-16-23-22-13-8-14-24(29(22)35-30(23)32-19)26-18-17-25-27(20-9-4-2-5-10-20)28(34-31(25)33-26)21-11-6-3-7-12-21;1-15-11-12-20-19-9-6-10-21(24(19)30-26(20)27-15)22-14-13-18-16(2)23(29-25(18)28-22)17-7-4-3-5-8-17;1-14-5-11-19-18-3-2-4-20(23(18)30-25(19)27-14)21-12-8-16-13-22(29-24(16)28-21)15-6-9-17(26)10-7-15;3*1-4(6)3-5(2)7;;;/h2-13,15-18H,1H3;3-9,11-14H,1-2H3;2-3,5-13H,1H3;3*3,6H,1-2H3;;;/q3*-1;;;;;;. The van der Waals surface area contributed by atoms with Crippen LogP contribution >= 0.6 is 0 Å². The van der Waals surface area contributed by atoms with Crippen molar-refractivity contribution in [3.05, 3.63) is 313 Å². The van der Waals surface area contributed by atoms with Gasteiger partial charge in [0.2, 0.25) is 34.3 Å². The zero-order chi connectivity index (χ0) is 81.4. The molecule has 0 saturated heterocycles. The Labute approximate surface area is 723 Å². The monoisotopic (exact) mass is 2110 g/mol. The summed E-state index contributed by atoms with van der Waals surface area (Å²) in [6, 6.07) is 84.3. The number of ketones is 3. The molecule has 0 unspecified atom stereocenters. The molecule has 0 aliphatic rings. The first kappa shape index (κ1) is 86.8. The van der Waals surface area contributed by atoms with Crippen LogP contribution in [0.15, 0.2) is 293 Å². The molecule has 3 N–H and O–H groups in total. The van der Waals surface area contributed by atoms with Crippen LogP contribution in [-0.4, -0.2) is 62.6 Å². The van der Waals surface area contributed by atoms with E-state index < -0.39 is 0 Å². The summed E-state index contributed by atoms with van der Waals surface area (Å²) in [5.41, 5.74) is 19.1. The molecule has 18 nitrogen and oxygen atoms in total. The molecule has 19 aromatic rings. The SMILES string of the molecule is CC(=O)C=C(C)O.CC(=O)C=C(C)O.CC(=O)C=C(C)O.Cc1ccc2c(n1)oc1c(-c3ccc4c(-c5ccccc5)c(-c5ccccc5)oc4n3)[c-]ccc12.Cc1ccc2c(n1)oc1c(-c3ccc4c(C)c(-c5ccccc5)oc4n3)[c-]ccc12.Cc1ccc2c(n1)oc1c(-c3ccc4cc(-c5ccc(F)cc5)oc4n3)[c-]ccc12.[Ir].[Ir].[Ir]. The number of carbonyl (C=O) groups is 3. The van der Waals surface area contributed by atoms with Crippen LogP contribution < -0.4 is 0 Å². The van der Waals surface area contributed by atoms with Crippen molar-refractivity contribution in [2.45, 2.75) is 69.2 Å². The molecule has 0 saturated carbocycles. The average Bonchev–Trinajstić information content (AvgIpc) is 1.60. The maximum Gasteiger partial charge on any atom is 0.218 e. The third kappa shape index (κ3) is 19.8. The quantitative estimate of drug-likeness (QED) is 0.0652. The topological polar surface area (TPSA) is 268 Å². The van der Waals surface area contributed by atoms with E-state index in [2.05, 4.69) is 82.5 Å². The largest absolute Gasteiger partial charge is 0.512 e. The third-order valence-electron chi connectivity index (χ3n) is 18.3. The Morgan fingerprint density at radius 3 is 1.08 bits per heavy atom. The van der Waals surface area contributed by atoms with Crippen molar-refractivity contribution in [1.29, 1.82) is 0 Å². The predicted octanol–water partition coefficient (Wildman–Crippen LogP) is 24.9. The van der Waals surface area contributed by atoms with E-state index in [1.54, 1.807) is 12.1 Å². The van der Waals surface area contributed by atoms with Crippen LogP contribution in [0.5, 0.6) is 0 Å². The number of aliphatic hydroxyl groups excluding tert-OH is 3. The van der Waals surface area contributed by atoms with Gasteiger partial charge in [-0.2, -0.15) is 0 Å². The Hall–Kier alpha value is -13.0. The number of benzene rings is 7.